The zero-order valence-electron chi connectivity index (χ0n) is 7.67. The Morgan fingerprint density at radius 2 is 2.36 bits per heavy atom. The van der Waals surface area contributed by atoms with E-state index in [0.717, 1.165) is 0 Å². The second-order valence-electron chi connectivity index (χ2n) is 3.56. The normalized spacial score (nSPS) is 26.7. The first-order chi connectivity index (χ1) is 6.77. The van der Waals surface area contributed by atoms with Crippen LogP contribution >= 0.6 is 0 Å². The highest BCUT2D eigenvalue weighted by Crippen LogP contribution is 2.32. The van der Waals surface area contributed by atoms with Gasteiger partial charge < -0.3 is 4.74 Å². The SMILES string of the molecule is FCC1(c2cccc(F)n2)CCOC1. The van der Waals surface area contributed by atoms with Gasteiger partial charge in [0.15, 0.2) is 0 Å². The van der Waals surface area contributed by atoms with Gasteiger partial charge in [-0.3, -0.25) is 0 Å². The van der Waals surface area contributed by atoms with Crippen LogP contribution in [-0.2, 0) is 10.2 Å². The van der Waals surface area contributed by atoms with Gasteiger partial charge in [-0.15, -0.1) is 0 Å². The Morgan fingerprint density at radius 1 is 1.50 bits per heavy atom. The lowest BCUT2D eigenvalue weighted by molar-refractivity contribution is 0.165. The minimum Gasteiger partial charge on any atom is -0.380 e. The van der Waals surface area contributed by atoms with Gasteiger partial charge in [0, 0.05) is 6.61 Å². The van der Waals surface area contributed by atoms with Crippen LogP contribution in [0.5, 0.6) is 0 Å². The molecule has 0 saturated carbocycles. The zero-order chi connectivity index (χ0) is 10.0. The first-order valence-electron chi connectivity index (χ1n) is 4.54. The average molecular weight is 199 g/mol. The van der Waals surface area contributed by atoms with Crippen molar-refractivity contribution in [2.45, 2.75) is 11.8 Å². The second-order valence-corrected chi connectivity index (χ2v) is 3.56. The molecule has 0 radical (unpaired) electrons. The van der Waals surface area contributed by atoms with Gasteiger partial charge in [0.1, 0.15) is 6.67 Å². The molecule has 0 N–H and O–H groups in total. The number of rotatable bonds is 2. The molecule has 1 unspecified atom stereocenters. The molecule has 1 aliphatic heterocycles. The fourth-order valence-corrected chi connectivity index (χ4v) is 1.69. The molecule has 0 aromatic carbocycles. The summed E-state index contributed by atoms with van der Waals surface area (Å²) in [5.41, 5.74) is -0.264. The highest BCUT2D eigenvalue weighted by atomic mass is 19.1. The second kappa shape index (κ2) is 3.61. The number of hydrogen-bond donors (Lipinski definition) is 0. The average Bonchev–Trinajstić information content (AvgIpc) is 2.67. The standard InChI is InChI=1S/C10H11F2NO/c11-6-10(4-5-14-7-10)8-2-1-3-9(12)13-8/h1-3H,4-7H2. The highest BCUT2D eigenvalue weighted by Gasteiger charge is 2.38. The molecule has 1 fully saturated rings. The molecule has 2 rings (SSSR count). The van der Waals surface area contributed by atoms with Crippen molar-refractivity contribution in [3.8, 4) is 0 Å². The Balaban J connectivity index is 2.35. The Hall–Kier alpha value is -1.03. The summed E-state index contributed by atoms with van der Waals surface area (Å²) in [5.74, 6) is -0.567. The topological polar surface area (TPSA) is 22.1 Å². The zero-order valence-corrected chi connectivity index (χ0v) is 7.67. The molecular formula is C10H11F2NO. The maximum Gasteiger partial charge on any atom is 0.213 e. The lowest BCUT2D eigenvalue weighted by Gasteiger charge is -2.22. The van der Waals surface area contributed by atoms with Crippen LogP contribution in [0.25, 0.3) is 0 Å². The predicted molar refractivity (Wildman–Crippen MR) is 47.3 cm³/mol. The van der Waals surface area contributed by atoms with Gasteiger partial charge >= 0.3 is 0 Å². The number of pyridine rings is 1. The van der Waals surface area contributed by atoms with E-state index in [9.17, 15) is 8.78 Å². The van der Waals surface area contributed by atoms with Gasteiger partial charge in [-0.2, -0.15) is 4.39 Å². The fraction of sp³-hybridized carbons (Fsp3) is 0.500. The van der Waals surface area contributed by atoms with E-state index in [1.807, 2.05) is 0 Å². The van der Waals surface area contributed by atoms with Crippen molar-refractivity contribution in [1.82, 2.24) is 4.98 Å². The maximum atomic E-state index is 12.9. The van der Waals surface area contributed by atoms with Crippen LogP contribution < -0.4 is 0 Å². The van der Waals surface area contributed by atoms with Gasteiger partial charge in [-0.1, -0.05) is 6.07 Å². The van der Waals surface area contributed by atoms with Gasteiger partial charge in [0.05, 0.1) is 17.7 Å². The molecule has 1 aromatic heterocycles. The fourth-order valence-electron chi connectivity index (χ4n) is 1.69. The molecule has 1 aromatic rings. The van der Waals surface area contributed by atoms with E-state index in [0.29, 0.717) is 25.3 Å². The smallest absolute Gasteiger partial charge is 0.213 e. The van der Waals surface area contributed by atoms with E-state index in [1.54, 1.807) is 12.1 Å². The summed E-state index contributed by atoms with van der Waals surface area (Å²) in [6.45, 7) is 0.255. The highest BCUT2D eigenvalue weighted by molar-refractivity contribution is 5.19. The van der Waals surface area contributed by atoms with Crippen LogP contribution in [0.3, 0.4) is 0 Å². The quantitative estimate of drug-likeness (QED) is 0.678. The van der Waals surface area contributed by atoms with Crippen LogP contribution in [0.15, 0.2) is 18.2 Å². The predicted octanol–water partition coefficient (Wildman–Crippen LogP) is 1.85. The van der Waals surface area contributed by atoms with E-state index in [-0.39, 0.29) is 0 Å². The van der Waals surface area contributed by atoms with Crippen molar-refractivity contribution in [3.63, 3.8) is 0 Å². The van der Waals surface area contributed by atoms with Crippen molar-refractivity contribution in [2.24, 2.45) is 0 Å². The van der Waals surface area contributed by atoms with Crippen molar-refractivity contribution >= 4 is 0 Å². The van der Waals surface area contributed by atoms with Crippen molar-refractivity contribution in [3.05, 3.63) is 29.8 Å². The molecule has 1 saturated heterocycles. The number of hydrogen-bond acceptors (Lipinski definition) is 2. The summed E-state index contributed by atoms with van der Waals surface area (Å²) < 4.78 is 30.9. The summed E-state index contributed by atoms with van der Waals surface area (Å²) in [6.07, 6.45) is 0.569. The largest absolute Gasteiger partial charge is 0.380 e. The molecule has 14 heavy (non-hydrogen) atoms. The van der Waals surface area contributed by atoms with Crippen molar-refractivity contribution < 1.29 is 13.5 Å². The Kier molecular flexibility index (Phi) is 2.46. The minimum absolute atomic E-state index is 0.292. The number of alkyl halides is 1. The molecular weight excluding hydrogens is 188 g/mol. The molecule has 1 aliphatic rings. The summed E-state index contributed by atoms with van der Waals surface area (Å²) in [5, 5.41) is 0. The molecule has 2 nitrogen and oxygen atoms in total. The van der Waals surface area contributed by atoms with Gasteiger partial charge in [-0.05, 0) is 18.6 Å². The third-order valence-corrected chi connectivity index (χ3v) is 2.62. The van der Waals surface area contributed by atoms with Crippen LogP contribution in [-0.4, -0.2) is 24.9 Å². The van der Waals surface area contributed by atoms with Crippen molar-refractivity contribution in [1.29, 1.82) is 0 Å². The van der Waals surface area contributed by atoms with E-state index in [2.05, 4.69) is 4.98 Å². The van der Waals surface area contributed by atoms with Crippen LogP contribution in [0.1, 0.15) is 12.1 Å². The molecule has 76 valence electrons. The summed E-state index contributed by atoms with van der Waals surface area (Å²) in [7, 11) is 0. The van der Waals surface area contributed by atoms with E-state index in [1.165, 1.54) is 6.07 Å². The first-order valence-corrected chi connectivity index (χ1v) is 4.54. The Labute approximate surface area is 80.9 Å². The molecule has 4 heteroatoms. The number of aromatic nitrogens is 1. The van der Waals surface area contributed by atoms with Gasteiger partial charge in [-0.25, -0.2) is 9.37 Å². The third-order valence-electron chi connectivity index (χ3n) is 2.62. The van der Waals surface area contributed by atoms with Crippen molar-refractivity contribution in [2.75, 3.05) is 19.9 Å². The number of ether oxygens (including phenoxy) is 1. The molecule has 2 heterocycles. The lowest BCUT2D eigenvalue weighted by Crippen LogP contribution is -2.30. The van der Waals surface area contributed by atoms with Gasteiger partial charge in [0.2, 0.25) is 5.95 Å². The minimum atomic E-state index is -0.720. The monoisotopic (exact) mass is 199 g/mol. The number of halogens is 2. The van der Waals surface area contributed by atoms with E-state index >= 15 is 0 Å². The molecule has 0 spiro atoms. The molecule has 0 aliphatic carbocycles. The van der Waals surface area contributed by atoms with Gasteiger partial charge in [0.25, 0.3) is 0 Å². The number of nitrogens with zero attached hydrogens (tertiary/aromatic N) is 1. The Morgan fingerprint density at radius 3 is 2.93 bits per heavy atom. The van der Waals surface area contributed by atoms with E-state index < -0.39 is 18.0 Å². The summed E-state index contributed by atoms with van der Waals surface area (Å²) >= 11 is 0. The molecule has 1 atom stereocenters. The molecule has 0 amide bonds. The maximum absolute atomic E-state index is 12.9. The van der Waals surface area contributed by atoms with Crippen LogP contribution in [0.2, 0.25) is 0 Å². The molecule has 0 bridgehead atoms. The Bertz CT molecular complexity index is 324. The third kappa shape index (κ3) is 1.50. The summed E-state index contributed by atoms with van der Waals surface area (Å²) in [6, 6.07) is 4.45. The lowest BCUT2D eigenvalue weighted by atomic mass is 9.85. The van der Waals surface area contributed by atoms with Crippen LogP contribution in [0.4, 0.5) is 8.78 Å². The van der Waals surface area contributed by atoms with E-state index in [4.69, 9.17) is 4.74 Å². The summed E-state index contributed by atoms with van der Waals surface area (Å²) in [4.78, 5) is 3.71. The van der Waals surface area contributed by atoms with Crippen LogP contribution in [0, 0.1) is 5.95 Å². The first kappa shape index (κ1) is 9.52.